The summed E-state index contributed by atoms with van der Waals surface area (Å²) < 4.78 is 28.1. The number of nitrogens with zero attached hydrogens (tertiary/aromatic N) is 1. The lowest BCUT2D eigenvalue weighted by Gasteiger charge is -2.42. The highest BCUT2D eigenvalue weighted by molar-refractivity contribution is 6.01. The van der Waals surface area contributed by atoms with E-state index in [-0.39, 0.29) is 48.6 Å². The molecule has 0 unspecified atom stereocenters. The van der Waals surface area contributed by atoms with Gasteiger partial charge in [0.05, 0.1) is 12.1 Å². The molecule has 294 valence electrons. The van der Waals surface area contributed by atoms with E-state index in [4.69, 9.17) is 5.73 Å². The van der Waals surface area contributed by atoms with Crippen LogP contribution in [0.2, 0.25) is 0 Å². The number of rotatable bonds is 13. The molecule has 0 saturated carbocycles. The van der Waals surface area contributed by atoms with Gasteiger partial charge in [-0.25, -0.2) is 8.78 Å². The van der Waals surface area contributed by atoms with Gasteiger partial charge >= 0.3 is 0 Å². The first kappa shape index (κ1) is 39.1. The highest BCUT2D eigenvalue weighted by Gasteiger charge is 2.45. The summed E-state index contributed by atoms with van der Waals surface area (Å²) in [5.74, 6) is -5.86. The van der Waals surface area contributed by atoms with Gasteiger partial charge in [0, 0.05) is 48.6 Å². The van der Waals surface area contributed by atoms with E-state index in [0.29, 0.717) is 30.2 Å². The average molecular weight is 774 g/mol. The summed E-state index contributed by atoms with van der Waals surface area (Å²) in [6.45, 7) is 0.803. The number of benzene rings is 4. The van der Waals surface area contributed by atoms with Crippen LogP contribution < -0.4 is 16.4 Å². The Kier molecular flexibility index (Phi) is 11.3. The number of hydrogen-bond donors (Lipinski definition) is 4. The predicted molar refractivity (Wildman–Crippen MR) is 211 cm³/mol. The molecule has 7 rings (SSSR count). The molecule has 4 aromatic carbocycles. The molecule has 4 atom stereocenters. The number of Topliss-reactive ketones (excluding diaryl/α,β-unsaturated/α-hetero) is 1. The van der Waals surface area contributed by atoms with Crippen molar-refractivity contribution < 1.29 is 32.8 Å². The summed E-state index contributed by atoms with van der Waals surface area (Å²) in [6.07, 6.45) is 1.58. The van der Waals surface area contributed by atoms with E-state index in [1.807, 2.05) is 84.9 Å². The maximum Gasteiger partial charge on any atom is 0.270 e. The SMILES string of the molecule is CC(F)(F)c1ccc2[nH]c(C(=O)N[C@H]3Cc4ccccc4[C@H]4CCC[C@@H](C(=O)N[C@@H](CCC(N)=O)C(=O)CC(c5ccccc5)c5ccccc5)N4C3=O)cc2c1. The van der Waals surface area contributed by atoms with E-state index >= 15 is 0 Å². The number of H-pyrrole nitrogens is 1. The van der Waals surface area contributed by atoms with E-state index in [0.717, 1.165) is 29.2 Å². The Labute approximate surface area is 329 Å². The zero-order chi connectivity index (χ0) is 40.3. The molecule has 57 heavy (non-hydrogen) atoms. The van der Waals surface area contributed by atoms with Gasteiger partial charge in [0.25, 0.3) is 11.8 Å². The molecule has 4 amide bonds. The van der Waals surface area contributed by atoms with Crippen molar-refractivity contribution >= 4 is 40.3 Å². The molecule has 2 aliphatic rings. The van der Waals surface area contributed by atoms with Crippen molar-refractivity contribution in [3.8, 4) is 0 Å². The van der Waals surface area contributed by atoms with E-state index in [9.17, 15) is 32.8 Å². The lowest BCUT2D eigenvalue weighted by atomic mass is 9.85. The van der Waals surface area contributed by atoms with Crippen LogP contribution in [0.4, 0.5) is 8.78 Å². The van der Waals surface area contributed by atoms with Gasteiger partial charge in [0.1, 0.15) is 17.8 Å². The van der Waals surface area contributed by atoms with Crippen molar-refractivity contribution in [3.05, 3.63) is 143 Å². The molecule has 3 heterocycles. The van der Waals surface area contributed by atoms with Crippen molar-refractivity contribution in [1.29, 1.82) is 0 Å². The number of amides is 4. The van der Waals surface area contributed by atoms with Gasteiger partial charge in [-0.2, -0.15) is 0 Å². The van der Waals surface area contributed by atoms with Crippen molar-refractivity contribution in [2.45, 2.75) is 87.9 Å². The van der Waals surface area contributed by atoms with Crippen LogP contribution in [-0.4, -0.2) is 57.4 Å². The number of carbonyl (C=O) groups is 5. The number of carbonyl (C=O) groups excluding carboxylic acids is 5. The number of hydrogen-bond acceptors (Lipinski definition) is 5. The molecule has 1 fully saturated rings. The van der Waals surface area contributed by atoms with Gasteiger partial charge in [-0.3, -0.25) is 24.0 Å². The normalized spacial score (nSPS) is 18.6. The van der Waals surface area contributed by atoms with Crippen LogP contribution >= 0.6 is 0 Å². The summed E-state index contributed by atoms with van der Waals surface area (Å²) in [4.78, 5) is 73.5. The molecule has 1 aromatic heterocycles. The number of primary amides is 1. The second-order valence-corrected chi connectivity index (χ2v) is 15.1. The third-order valence-corrected chi connectivity index (χ3v) is 11.2. The molecular weight excluding hydrogens is 729 g/mol. The lowest BCUT2D eigenvalue weighted by molar-refractivity contribution is -0.147. The molecular formula is C45H45F2N5O5. The van der Waals surface area contributed by atoms with E-state index in [1.54, 1.807) is 4.90 Å². The fourth-order valence-corrected chi connectivity index (χ4v) is 8.29. The summed E-state index contributed by atoms with van der Waals surface area (Å²) in [6, 6.07) is 28.8. The second kappa shape index (κ2) is 16.5. The van der Waals surface area contributed by atoms with Crippen LogP contribution in [0.3, 0.4) is 0 Å². The summed E-state index contributed by atoms with van der Waals surface area (Å²) in [7, 11) is 0. The summed E-state index contributed by atoms with van der Waals surface area (Å²) in [5, 5.41) is 6.21. The highest BCUT2D eigenvalue weighted by atomic mass is 19.3. The van der Waals surface area contributed by atoms with Crippen LogP contribution in [0.25, 0.3) is 10.9 Å². The Bertz CT molecular complexity index is 2250. The maximum absolute atomic E-state index is 14.7. The predicted octanol–water partition coefficient (Wildman–Crippen LogP) is 6.60. The van der Waals surface area contributed by atoms with Crippen LogP contribution in [0.5, 0.6) is 0 Å². The number of nitrogens with two attached hydrogens (primary N) is 1. The number of aromatic amines is 1. The maximum atomic E-state index is 14.7. The van der Waals surface area contributed by atoms with Crippen LogP contribution in [0.15, 0.2) is 109 Å². The Morgan fingerprint density at radius 3 is 2.23 bits per heavy atom. The first-order chi connectivity index (χ1) is 27.4. The molecule has 12 heteroatoms. The molecule has 1 saturated heterocycles. The van der Waals surface area contributed by atoms with E-state index < -0.39 is 53.7 Å². The number of ketones is 1. The number of aromatic nitrogens is 1. The first-order valence-corrected chi connectivity index (χ1v) is 19.3. The fraction of sp³-hybridized carbons (Fsp3) is 0.311. The quantitative estimate of drug-likeness (QED) is 0.106. The Morgan fingerprint density at radius 1 is 0.895 bits per heavy atom. The third-order valence-electron chi connectivity index (χ3n) is 11.2. The molecule has 0 radical (unpaired) electrons. The minimum atomic E-state index is -3.07. The zero-order valence-electron chi connectivity index (χ0n) is 31.6. The van der Waals surface area contributed by atoms with Crippen molar-refractivity contribution in [2.75, 3.05) is 0 Å². The Balaban J connectivity index is 1.15. The van der Waals surface area contributed by atoms with Gasteiger partial charge in [-0.15, -0.1) is 0 Å². The van der Waals surface area contributed by atoms with Crippen LogP contribution in [0.1, 0.15) is 95.7 Å². The minimum Gasteiger partial charge on any atom is -0.370 e. The smallest absolute Gasteiger partial charge is 0.270 e. The average Bonchev–Trinajstić information content (AvgIpc) is 3.60. The van der Waals surface area contributed by atoms with Crippen molar-refractivity contribution in [1.82, 2.24) is 20.5 Å². The summed E-state index contributed by atoms with van der Waals surface area (Å²) >= 11 is 0. The molecule has 0 aliphatic carbocycles. The molecule has 5 aromatic rings. The number of fused-ring (bicyclic) bond motifs is 4. The van der Waals surface area contributed by atoms with Gasteiger partial charge in [-0.1, -0.05) is 91.0 Å². The topological polar surface area (TPSA) is 154 Å². The van der Waals surface area contributed by atoms with E-state index in [1.165, 1.54) is 24.3 Å². The largest absolute Gasteiger partial charge is 0.370 e. The van der Waals surface area contributed by atoms with E-state index in [2.05, 4.69) is 15.6 Å². The van der Waals surface area contributed by atoms with Gasteiger partial charge in [0.15, 0.2) is 5.78 Å². The summed E-state index contributed by atoms with van der Waals surface area (Å²) in [5.41, 5.74) is 9.48. The molecule has 5 N–H and O–H groups in total. The second-order valence-electron chi connectivity index (χ2n) is 15.1. The van der Waals surface area contributed by atoms with Gasteiger partial charge in [0.2, 0.25) is 17.7 Å². The monoisotopic (exact) mass is 773 g/mol. The highest BCUT2D eigenvalue weighted by Crippen LogP contribution is 2.40. The number of nitrogens with one attached hydrogen (secondary N) is 3. The van der Waals surface area contributed by atoms with Crippen LogP contribution in [-0.2, 0) is 31.5 Å². The first-order valence-electron chi connectivity index (χ1n) is 19.3. The molecule has 0 bridgehead atoms. The van der Waals surface area contributed by atoms with Crippen LogP contribution in [0, 0.1) is 0 Å². The molecule has 2 aliphatic heterocycles. The Hall–Kier alpha value is -6.17. The molecule has 0 spiro atoms. The van der Waals surface area contributed by atoms with Crippen molar-refractivity contribution in [2.24, 2.45) is 5.73 Å². The standard InChI is InChI=1S/C45H45F2N5O5/c1-45(46,47)31-19-20-34-30(23-31)25-36(49-34)42(55)51-37-24-29-15-8-9-16-32(29)38-17-10-18-39(52(38)44(37)57)43(56)50-35(21-22-41(48)54)40(53)26-33(27-11-4-2-5-12-27)28-13-6-3-7-14-28/h2-9,11-16,19-20,23,25,33,35,37-39,49H,10,17-18,21-22,24,26H2,1H3,(H2,48,54)(H,50,56)(H,51,55)/t35-,37-,38+,39-/m0/s1. The fourth-order valence-electron chi connectivity index (χ4n) is 8.29. The number of alkyl halides is 2. The zero-order valence-corrected chi connectivity index (χ0v) is 31.6. The molecule has 10 nitrogen and oxygen atoms in total. The third kappa shape index (κ3) is 8.65. The van der Waals surface area contributed by atoms with Gasteiger partial charge < -0.3 is 26.3 Å². The Morgan fingerprint density at radius 2 is 1.56 bits per heavy atom. The minimum absolute atomic E-state index is 0.0102. The lowest BCUT2D eigenvalue weighted by Crippen LogP contribution is -2.59. The van der Waals surface area contributed by atoms with Gasteiger partial charge in [-0.05, 0) is 66.1 Å². The number of piperidine rings is 1. The number of halogens is 2. The van der Waals surface area contributed by atoms with Crippen molar-refractivity contribution in [3.63, 3.8) is 0 Å².